The highest BCUT2D eigenvalue weighted by Crippen LogP contribution is 2.28. The maximum atomic E-state index is 4.73. The minimum Gasteiger partial charge on any atom is -0.293 e. The molecule has 0 saturated heterocycles. The van der Waals surface area contributed by atoms with Crippen molar-refractivity contribution in [3.8, 4) is 5.13 Å². The number of aromatic nitrogens is 2. The van der Waals surface area contributed by atoms with Crippen LogP contribution >= 0.6 is 11.3 Å². The van der Waals surface area contributed by atoms with Gasteiger partial charge in [-0.1, -0.05) is 35.6 Å². The first-order chi connectivity index (χ1) is 9.31. The fourth-order valence-electron chi connectivity index (χ4n) is 2.37. The first-order valence-electron chi connectivity index (χ1n) is 6.25. The van der Waals surface area contributed by atoms with Crippen molar-refractivity contribution in [2.75, 3.05) is 0 Å². The number of thiazole rings is 1. The van der Waals surface area contributed by atoms with Crippen molar-refractivity contribution in [2.45, 2.75) is 6.92 Å². The summed E-state index contributed by atoms with van der Waals surface area (Å²) in [7, 11) is 0. The molecule has 92 valence electrons. The Morgan fingerprint density at radius 3 is 2.89 bits per heavy atom. The van der Waals surface area contributed by atoms with E-state index in [4.69, 9.17) is 4.98 Å². The molecule has 4 aromatic rings. The molecule has 0 aliphatic heterocycles. The Kier molecular flexibility index (Phi) is 2.23. The lowest BCUT2D eigenvalue weighted by atomic mass is 10.2. The van der Waals surface area contributed by atoms with Crippen LogP contribution in [0.2, 0.25) is 0 Å². The van der Waals surface area contributed by atoms with Gasteiger partial charge in [-0.15, -0.1) is 0 Å². The van der Waals surface area contributed by atoms with E-state index < -0.39 is 0 Å². The van der Waals surface area contributed by atoms with Gasteiger partial charge in [0.15, 0.2) is 5.13 Å². The second-order valence-electron chi connectivity index (χ2n) is 4.71. The van der Waals surface area contributed by atoms with Crippen molar-refractivity contribution in [1.29, 1.82) is 0 Å². The summed E-state index contributed by atoms with van der Waals surface area (Å²) in [6.07, 6.45) is 2.09. The van der Waals surface area contributed by atoms with E-state index in [1.807, 2.05) is 0 Å². The van der Waals surface area contributed by atoms with E-state index in [0.29, 0.717) is 0 Å². The highest BCUT2D eigenvalue weighted by Gasteiger charge is 2.08. The zero-order chi connectivity index (χ0) is 12.8. The smallest absolute Gasteiger partial charge is 0.195 e. The molecule has 19 heavy (non-hydrogen) atoms. The molecule has 3 heteroatoms. The quantitative estimate of drug-likeness (QED) is 0.493. The van der Waals surface area contributed by atoms with E-state index >= 15 is 0 Å². The van der Waals surface area contributed by atoms with Crippen molar-refractivity contribution < 1.29 is 0 Å². The van der Waals surface area contributed by atoms with Crippen LogP contribution in [-0.2, 0) is 0 Å². The summed E-state index contributed by atoms with van der Waals surface area (Å²) >= 11 is 1.74. The first kappa shape index (κ1) is 10.8. The van der Waals surface area contributed by atoms with Gasteiger partial charge >= 0.3 is 0 Å². The van der Waals surface area contributed by atoms with E-state index in [2.05, 4.69) is 66.2 Å². The molecule has 0 N–H and O–H groups in total. The van der Waals surface area contributed by atoms with Crippen molar-refractivity contribution in [3.05, 3.63) is 60.3 Å². The van der Waals surface area contributed by atoms with Gasteiger partial charge in [-0.2, -0.15) is 0 Å². The van der Waals surface area contributed by atoms with Gasteiger partial charge in [-0.05, 0) is 36.8 Å². The third kappa shape index (κ3) is 1.66. The minimum absolute atomic E-state index is 1.03. The molecule has 0 aliphatic carbocycles. The summed E-state index contributed by atoms with van der Waals surface area (Å²) in [5.41, 5.74) is 3.56. The zero-order valence-corrected chi connectivity index (χ0v) is 11.3. The molecule has 2 heterocycles. The van der Waals surface area contributed by atoms with Crippen LogP contribution in [-0.4, -0.2) is 9.55 Å². The van der Waals surface area contributed by atoms with Crippen molar-refractivity contribution >= 4 is 32.5 Å². The second-order valence-corrected chi connectivity index (χ2v) is 5.72. The number of nitrogens with zero attached hydrogens (tertiary/aromatic N) is 2. The van der Waals surface area contributed by atoms with Crippen LogP contribution < -0.4 is 0 Å². The topological polar surface area (TPSA) is 17.8 Å². The Balaban J connectivity index is 1.99. The molecule has 0 spiro atoms. The molecule has 0 atom stereocenters. The van der Waals surface area contributed by atoms with Gasteiger partial charge in [0.05, 0.1) is 15.7 Å². The van der Waals surface area contributed by atoms with Crippen LogP contribution in [0.3, 0.4) is 0 Å². The lowest BCUT2D eigenvalue weighted by molar-refractivity contribution is 1.10. The van der Waals surface area contributed by atoms with Crippen LogP contribution in [0.1, 0.15) is 5.56 Å². The lowest BCUT2D eigenvalue weighted by Gasteiger charge is -1.98. The Morgan fingerprint density at radius 2 is 1.95 bits per heavy atom. The molecule has 0 aliphatic rings. The molecule has 2 nitrogen and oxygen atoms in total. The SMILES string of the molecule is Cc1ccc2nc(-n3ccc4ccccc43)sc2c1. The highest BCUT2D eigenvalue weighted by atomic mass is 32.1. The molecule has 0 amide bonds. The van der Waals surface area contributed by atoms with E-state index in [0.717, 1.165) is 10.6 Å². The Labute approximate surface area is 114 Å². The van der Waals surface area contributed by atoms with Gasteiger partial charge in [0, 0.05) is 11.6 Å². The van der Waals surface area contributed by atoms with Gasteiger partial charge in [-0.3, -0.25) is 4.57 Å². The second kappa shape index (κ2) is 3.93. The summed E-state index contributed by atoms with van der Waals surface area (Å²) in [5.74, 6) is 0. The van der Waals surface area contributed by atoms with Crippen molar-refractivity contribution in [2.24, 2.45) is 0 Å². The molecule has 0 radical (unpaired) electrons. The van der Waals surface area contributed by atoms with E-state index in [9.17, 15) is 0 Å². The van der Waals surface area contributed by atoms with Crippen LogP contribution in [0.25, 0.3) is 26.3 Å². The number of rotatable bonds is 1. The number of hydrogen-bond acceptors (Lipinski definition) is 2. The summed E-state index contributed by atoms with van der Waals surface area (Å²) in [6.45, 7) is 2.11. The predicted octanol–water partition coefficient (Wildman–Crippen LogP) is 4.55. The van der Waals surface area contributed by atoms with Gasteiger partial charge < -0.3 is 0 Å². The Bertz CT molecular complexity index is 886. The molecule has 0 bridgehead atoms. The zero-order valence-electron chi connectivity index (χ0n) is 10.5. The van der Waals surface area contributed by atoms with Crippen LogP contribution in [0.5, 0.6) is 0 Å². The van der Waals surface area contributed by atoms with Crippen molar-refractivity contribution in [3.63, 3.8) is 0 Å². The van der Waals surface area contributed by atoms with Gasteiger partial charge in [0.2, 0.25) is 0 Å². The van der Waals surface area contributed by atoms with Crippen LogP contribution in [0.4, 0.5) is 0 Å². The summed E-state index contributed by atoms with van der Waals surface area (Å²) in [6, 6.07) is 16.9. The van der Waals surface area contributed by atoms with Crippen LogP contribution in [0, 0.1) is 6.92 Å². The largest absolute Gasteiger partial charge is 0.293 e. The molecular formula is C16H12N2S. The maximum Gasteiger partial charge on any atom is 0.195 e. The van der Waals surface area contributed by atoms with E-state index in [-0.39, 0.29) is 0 Å². The molecule has 0 unspecified atom stereocenters. The summed E-state index contributed by atoms with van der Waals surface area (Å²) in [5, 5.41) is 2.28. The maximum absolute atomic E-state index is 4.73. The summed E-state index contributed by atoms with van der Waals surface area (Å²) < 4.78 is 3.41. The highest BCUT2D eigenvalue weighted by molar-refractivity contribution is 7.20. The van der Waals surface area contributed by atoms with Gasteiger partial charge in [-0.25, -0.2) is 4.98 Å². The third-order valence-electron chi connectivity index (χ3n) is 3.34. The molecule has 0 saturated carbocycles. The number of fused-ring (bicyclic) bond motifs is 2. The fraction of sp³-hybridized carbons (Fsp3) is 0.0625. The normalized spacial score (nSPS) is 11.4. The predicted molar refractivity (Wildman–Crippen MR) is 81.2 cm³/mol. The number of benzene rings is 2. The van der Waals surface area contributed by atoms with Gasteiger partial charge in [0.25, 0.3) is 0 Å². The summed E-state index contributed by atoms with van der Waals surface area (Å²) in [4.78, 5) is 4.73. The monoisotopic (exact) mass is 264 g/mol. The molecular weight excluding hydrogens is 252 g/mol. The lowest BCUT2D eigenvalue weighted by Crippen LogP contribution is -1.89. The van der Waals surface area contributed by atoms with Crippen LogP contribution in [0.15, 0.2) is 54.7 Å². The Morgan fingerprint density at radius 1 is 1.05 bits per heavy atom. The van der Waals surface area contributed by atoms with Gasteiger partial charge in [0.1, 0.15) is 0 Å². The number of hydrogen-bond donors (Lipinski definition) is 0. The minimum atomic E-state index is 1.03. The average molecular weight is 264 g/mol. The average Bonchev–Trinajstić information content (AvgIpc) is 3.00. The Hall–Kier alpha value is -2.13. The molecule has 2 aromatic carbocycles. The third-order valence-corrected chi connectivity index (χ3v) is 4.36. The molecule has 4 rings (SSSR count). The van der Waals surface area contributed by atoms with E-state index in [1.165, 1.54) is 21.2 Å². The standard InChI is InChI=1S/C16H12N2S/c1-11-6-7-13-15(10-11)19-16(17-13)18-9-8-12-4-2-3-5-14(12)18/h2-10H,1H3. The number of para-hydroxylation sites is 1. The molecule has 0 fully saturated rings. The van der Waals surface area contributed by atoms with E-state index in [1.54, 1.807) is 11.3 Å². The number of aryl methyl sites for hydroxylation is 1. The molecule has 2 aromatic heterocycles. The van der Waals surface area contributed by atoms with Crippen molar-refractivity contribution in [1.82, 2.24) is 9.55 Å². The fourth-order valence-corrected chi connectivity index (χ4v) is 3.43. The first-order valence-corrected chi connectivity index (χ1v) is 7.06.